The molecule has 1 unspecified atom stereocenters. The van der Waals surface area contributed by atoms with Crippen molar-refractivity contribution in [1.82, 2.24) is 4.98 Å². The molecular formula is C8H12ClNSi. The molecule has 1 atom stereocenters. The van der Waals surface area contributed by atoms with Crippen LogP contribution in [0.25, 0.3) is 0 Å². The van der Waals surface area contributed by atoms with Crippen molar-refractivity contribution in [3.05, 3.63) is 35.9 Å². The summed E-state index contributed by atoms with van der Waals surface area (Å²) >= 11 is 5.67. The third-order valence-corrected chi connectivity index (χ3v) is 2.91. The maximum absolute atomic E-state index is 5.67. The molecule has 0 aliphatic carbocycles. The molecule has 1 N–H and O–H groups in total. The SMILES string of the molecule is CC(N[SiH2]Cl)c1ccccc1. The van der Waals surface area contributed by atoms with Crippen LogP contribution in [0.1, 0.15) is 18.5 Å². The minimum absolute atomic E-state index is 0.403. The summed E-state index contributed by atoms with van der Waals surface area (Å²) in [5, 5.41) is 0. The summed E-state index contributed by atoms with van der Waals surface area (Å²) in [7, 11) is -0.555. The second-order valence-corrected chi connectivity index (χ2v) is 3.95. The van der Waals surface area contributed by atoms with E-state index in [2.05, 4.69) is 24.0 Å². The Bertz CT molecular complexity index is 203. The molecule has 1 nitrogen and oxygen atoms in total. The molecule has 0 aromatic heterocycles. The van der Waals surface area contributed by atoms with Gasteiger partial charge in [0.05, 0.1) is 0 Å². The van der Waals surface area contributed by atoms with Gasteiger partial charge in [0.2, 0.25) is 0 Å². The highest BCUT2D eigenvalue weighted by atomic mass is 35.6. The van der Waals surface area contributed by atoms with Gasteiger partial charge in [0, 0.05) is 6.04 Å². The van der Waals surface area contributed by atoms with Crippen LogP contribution >= 0.6 is 11.1 Å². The van der Waals surface area contributed by atoms with Crippen molar-refractivity contribution in [3.63, 3.8) is 0 Å². The first-order valence-electron chi connectivity index (χ1n) is 3.69. The maximum atomic E-state index is 5.67. The summed E-state index contributed by atoms with van der Waals surface area (Å²) < 4.78 is 0. The zero-order chi connectivity index (χ0) is 8.10. The Hall–Kier alpha value is -0.313. The molecule has 11 heavy (non-hydrogen) atoms. The van der Waals surface area contributed by atoms with Crippen LogP contribution in [0.15, 0.2) is 30.3 Å². The van der Waals surface area contributed by atoms with Gasteiger partial charge in [-0.15, -0.1) is 0 Å². The van der Waals surface area contributed by atoms with Gasteiger partial charge < -0.3 is 4.98 Å². The summed E-state index contributed by atoms with van der Waals surface area (Å²) in [6.07, 6.45) is 0. The lowest BCUT2D eigenvalue weighted by atomic mass is 10.1. The molecule has 0 fully saturated rings. The Kier molecular flexibility index (Phi) is 3.63. The van der Waals surface area contributed by atoms with Crippen LogP contribution in [0.3, 0.4) is 0 Å². The van der Waals surface area contributed by atoms with E-state index in [-0.39, 0.29) is 0 Å². The lowest BCUT2D eigenvalue weighted by Crippen LogP contribution is -2.18. The van der Waals surface area contributed by atoms with Gasteiger partial charge in [-0.1, -0.05) is 30.3 Å². The van der Waals surface area contributed by atoms with E-state index in [1.54, 1.807) is 0 Å². The van der Waals surface area contributed by atoms with Gasteiger partial charge in [-0.3, -0.25) is 0 Å². The second kappa shape index (κ2) is 4.54. The Morgan fingerprint density at radius 1 is 1.36 bits per heavy atom. The highest BCUT2D eigenvalue weighted by Gasteiger charge is 2.00. The second-order valence-electron chi connectivity index (χ2n) is 2.47. The predicted molar refractivity (Wildman–Crippen MR) is 52.4 cm³/mol. The van der Waals surface area contributed by atoms with Crippen molar-refractivity contribution in [2.24, 2.45) is 0 Å². The van der Waals surface area contributed by atoms with E-state index in [0.717, 1.165) is 0 Å². The van der Waals surface area contributed by atoms with Crippen molar-refractivity contribution in [2.75, 3.05) is 0 Å². The van der Waals surface area contributed by atoms with Crippen molar-refractivity contribution in [2.45, 2.75) is 13.0 Å². The van der Waals surface area contributed by atoms with E-state index in [0.29, 0.717) is 6.04 Å². The number of benzene rings is 1. The zero-order valence-electron chi connectivity index (χ0n) is 6.55. The van der Waals surface area contributed by atoms with Crippen LogP contribution in [0.5, 0.6) is 0 Å². The molecule has 0 bridgehead atoms. The highest BCUT2D eigenvalue weighted by Crippen LogP contribution is 2.09. The van der Waals surface area contributed by atoms with E-state index in [4.69, 9.17) is 11.1 Å². The lowest BCUT2D eigenvalue weighted by molar-refractivity contribution is 0.742. The molecule has 0 amide bonds. The Balaban J connectivity index is 2.61. The number of rotatable bonds is 3. The predicted octanol–water partition coefficient (Wildman–Crippen LogP) is 1.57. The number of hydrogen-bond donors (Lipinski definition) is 1. The van der Waals surface area contributed by atoms with Crippen molar-refractivity contribution in [1.29, 1.82) is 0 Å². The summed E-state index contributed by atoms with van der Waals surface area (Å²) in [5.74, 6) is 0. The largest absolute Gasteiger partial charge is 0.324 e. The van der Waals surface area contributed by atoms with Gasteiger partial charge in [-0.2, -0.15) is 11.1 Å². The molecule has 0 aliphatic rings. The van der Waals surface area contributed by atoms with Gasteiger partial charge in [-0.05, 0) is 12.5 Å². The minimum Gasteiger partial charge on any atom is -0.324 e. The molecule has 0 saturated heterocycles. The molecule has 0 saturated carbocycles. The average Bonchev–Trinajstić information content (AvgIpc) is 2.07. The van der Waals surface area contributed by atoms with E-state index in [9.17, 15) is 0 Å². The van der Waals surface area contributed by atoms with Crippen LogP contribution in [0, 0.1) is 0 Å². The van der Waals surface area contributed by atoms with Crippen molar-refractivity contribution < 1.29 is 0 Å². The van der Waals surface area contributed by atoms with E-state index >= 15 is 0 Å². The first-order chi connectivity index (χ1) is 5.34. The Labute approximate surface area is 74.4 Å². The number of halogens is 1. The molecule has 3 heteroatoms. The first kappa shape index (κ1) is 8.78. The van der Waals surface area contributed by atoms with Gasteiger partial charge in [-0.25, -0.2) is 0 Å². The van der Waals surface area contributed by atoms with E-state index in [1.807, 2.05) is 18.2 Å². The van der Waals surface area contributed by atoms with Crippen LogP contribution in [-0.4, -0.2) is 8.99 Å². The third-order valence-electron chi connectivity index (χ3n) is 1.68. The van der Waals surface area contributed by atoms with Gasteiger partial charge in [0.25, 0.3) is 0 Å². The monoisotopic (exact) mass is 185 g/mol. The Morgan fingerprint density at radius 2 is 2.00 bits per heavy atom. The molecule has 0 spiro atoms. The lowest BCUT2D eigenvalue weighted by Gasteiger charge is -2.10. The molecule has 0 aliphatic heterocycles. The van der Waals surface area contributed by atoms with Crippen molar-refractivity contribution in [3.8, 4) is 0 Å². The van der Waals surface area contributed by atoms with E-state index < -0.39 is 8.99 Å². The minimum atomic E-state index is -0.555. The van der Waals surface area contributed by atoms with Gasteiger partial charge in [0.15, 0.2) is 8.99 Å². The molecule has 60 valence electrons. The summed E-state index contributed by atoms with van der Waals surface area (Å²) in [5.41, 5.74) is 1.31. The first-order valence-corrected chi connectivity index (χ1v) is 6.53. The standard InChI is InChI=1S/C8H12ClNSi/c1-7(10-11-9)8-5-3-2-4-6-8/h2-7,10H,11H2,1H3. The fraction of sp³-hybridized carbons (Fsp3) is 0.250. The van der Waals surface area contributed by atoms with Crippen LogP contribution < -0.4 is 4.98 Å². The summed E-state index contributed by atoms with van der Waals surface area (Å²) in [4.78, 5) is 3.27. The van der Waals surface area contributed by atoms with Crippen LogP contribution in [0.2, 0.25) is 0 Å². The summed E-state index contributed by atoms with van der Waals surface area (Å²) in [6.45, 7) is 2.13. The smallest absolute Gasteiger partial charge is 0.195 e. The Morgan fingerprint density at radius 3 is 2.55 bits per heavy atom. The number of nitrogens with one attached hydrogen (secondary N) is 1. The molecule has 0 heterocycles. The maximum Gasteiger partial charge on any atom is 0.195 e. The van der Waals surface area contributed by atoms with Crippen LogP contribution in [-0.2, 0) is 0 Å². The molecule has 0 radical (unpaired) electrons. The normalized spacial score (nSPS) is 14.0. The van der Waals surface area contributed by atoms with Gasteiger partial charge >= 0.3 is 0 Å². The van der Waals surface area contributed by atoms with Crippen LogP contribution in [0.4, 0.5) is 0 Å². The topological polar surface area (TPSA) is 12.0 Å². The highest BCUT2D eigenvalue weighted by molar-refractivity contribution is 6.92. The number of hydrogen-bond acceptors (Lipinski definition) is 1. The summed E-state index contributed by atoms with van der Waals surface area (Å²) in [6, 6.07) is 10.7. The quantitative estimate of drug-likeness (QED) is 0.557. The fourth-order valence-electron chi connectivity index (χ4n) is 0.975. The zero-order valence-corrected chi connectivity index (χ0v) is 8.72. The molecule has 1 aromatic carbocycles. The average molecular weight is 186 g/mol. The van der Waals surface area contributed by atoms with E-state index in [1.165, 1.54) is 5.56 Å². The van der Waals surface area contributed by atoms with Gasteiger partial charge in [0.1, 0.15) is 0 Å². The third kappa shape index (κ3) is 2.65. The fourth-order valence-corrected chi connectivity index (χ4v) is 2.14. The van der Waals surface area contributed by atoms with Crippen molar-refractivity contribution >= 4 is 20.1 Å². The molecule has 1 aromatic rings. The molecular weight excluding hydrogens is 174 g/mol. The molecule has 1 rings (SSSR count).